The van der Waals surface area contributed by atoms with Crippen LogP contribution in [0.2, 0.25) is 0 Å². The van der Waals surface area contributed by atoms with E-state index >= 15 is 0 Å². The maximum Gasteiger partial charge on any atom is 0.224 e. The van der Waals surface area contributed by atoms with Crippen molar-refractivity contribution in [1.82, 2.24) is 9.78 Å². The van der Waals surface area contributed by atoms with Gasteiger partial charge in [0.2, 0.25) is 5.91 Å². The maximum atomic E-state index is 13.0. The van der Waals surface area contributed by atoms with Crippen LogP contribution in [-0.4, -0.2) is 15.7 Å². The number of rotatable bonds is 4. The van der Waals surface area contributed by atoms with Crippen LogP contribution in [0.1, 0.15) is 17.7 Å². The van der Waals surface area contributed by atoms with E-state index in [4.69, 9.17) is 0 Å². The molecule has 6 heteroatoms. The van der Waals surface area contributed by atoms with Crippen LogP contribution in [0.25, 0.3) is 0 Å². The van der Waals surface area contributed by atoms with Gasteiger partial charge in [0.1, 0.15) is 0 Å². The summed E-state index contributed by atoms with van der Waals surface area (Å²) < 4.78 is 27.5. The number of amides is 1. The fourth-order valence-electron chi connectivity index (χ4n) is 1.84. The third kappa shape index (κ3) is 3.20. The molecule has 2 aromatic rings. The van der Waals surface area contributed by atoms with Gasteiger partial charge in [-0.15, -0.1) is 0 Å². The smallest absolute Gasteiger partial charge is 0.224 e. The number of hydrogen-bond donors (Lipinski definition) is 1. The van der Waals surface area contributed by atoms with Crippen molar-refractivity contribution in [2.24, 2.45) is 7.05 Å². The summed E-state index contributed by atoms with van der Waals surface area (Å²) in [6.45, 7) is 1.93. The lowest BCUT2D eigenvalue weighted by Gasteiger charge is -2.05. The minimum Gasteiger partial charge on any atom is -0.326 e. The molecule has 0 saturated heterocycles. The average molecular weight is 279 g/mol. The molecule has 0 bridgehead atoms. The number of benzene rings is 1. The molecule has 4 nitrogen and oxygen atoms in total. The van der Waals surface area contributed by atoms with Crippen molar-refractivity contribution in [2.45, 2.75) is 19.8 Å². The number of aromatic nitrogens is 2. The molecule has 106 valence electrons. The number of hydrogen-bond acceptors (Lipinski definition) is 2. The molecule has 0 aliphatic rings. The molecule has 0 atom stereocenters. The quantitative estimate of drug-likeness (QED) is 0.935. The fourth-order valence-corrected chi connectivity index (χ4v) is 1.84. The highest BCUT2D eigenvalue weighted by Crippen LogP contribution is 2.14. The van der Waals surface area contributed by atoms with E-state index in [9.17, 15) is 13.6 Å². The molecule has 2 rings (SSSR count). The van der Waals surface area contributed by atoms with Gasteiger partial charge in [0, 0.05) is 30.9 Å². The highest BCUT2D eigenvalue weighted by atomic mass is 19.2. The summed E-state index contributed by atoms with van der Waals surface area (Å²) in [6, 6.07) is 3.27. The van der Waals surface area contributed by atoms with Crippen molar-refractivity contribution in [3.8, 4) is 0 Å². The molecule has 0 aliphatic carbocycles. The molecule has 0 radical (unpaired) electrons. The number of carbonyl (C=O) groups excluding carboxylic acids is 1. The number of anilines is 1. The zero-order chi connectivity index (χ0) is 14.7. The fraction of sp³-hybridized carbons (Fsp3) is 0.286. The Hall–Kier alpha value is -2.24. The number of aryl methyl sites for hydroxylation is 2. The van der Waals surface area contributed by atoms with Gasteiger partial charge in [-0.05, 0) is 31.0 Å². The number of halogens is 2. The van der Waals surface area contributed by atoms with Gasteiger partial charge in [-0.2, -0.15) is 5.10 Å². The molecular formula is C14H15F2N3O. The van der Waals surface area contributed by atoms with E-state index in [1.807, 2.05) is 14.0 Å². The van der Waals surface area contributed by atoms with Crippen LogP contribution in [0.4, 0.5) is 14.5 Å². The number of nitrogens with one attached hydrogen (secondary N) is 1. The topological polar surface area (TPSA) is 46.9 Å². The Kier molecular flexibility index (Phi) is 4.12. The molecule has 0 unspecified atom stereocenters. The number of carbonyl (C=O) groups is 1. The molecule has 1 heterocycles. The predicted octanol–water partition coefficient (Wildman–Crippen LogP) is 2.58. The molecule has 0 aliphatic heterocycles. The standard InChI is InChI=1S/C14H15F2N3O/c1-9-10(8-17-19(9)2)3-6-14(20)18-11-4-5-12(15)13(16)7-11/h4-5,7-8H,3,6H2,1-2H3,(H,18,20). The largest absolute Gasteiger partial charge is 0.326 e. The molecule has 20 heavy (non-hydrogen) atoms. The average Bonchev–Trinajstić information content (AvgIpc) is 2.72. The van der Waals surface area contributed by atoms with Crippen LogP contribution in [-0.2, 0) is 18.3 Å². The normalized spacial score (nSPS) is 10.6. The summed E-state index contributed by atoms with van der Waals surface area (Å²) in [7, 11) is 1.83. The van der Waals surface area contributed by atoms with E-state index in [2.05, 4.69) is 10.4 Å². The van der Waals surface area contributed by atoms with Crippen molar-refractivity contribution >= 4 is 11.6 Å². The van der Waals surface area contributed by atoms with Crippen molar-refractivity contribution in [1.29, 1.82) is 0 Å². The van der Waals surface area contributed by atoms with Crippen molar-refractivity contribution < 1.29 is 13.6 Å². The van der Waals surface area contributed by atoms with E-state index in [0.717, 1.165) is 23.4 Å². The van der Waals surface area contributed by atoms with E-state index in [0.29, 0.717) is 6.42 Å². The lowest BCUT2D eigenvalue weighted by atomic mass is 10.1. The Bertz CT molecular complexity index is 637. The molecular weight excluding hydrogens is 264 g/mol. The van der Waals surface area contributed by atoms with Crippen LogP contribution in [0, 0.1) is 18.6 Å². The van der Waals surface area contributed by atoms with E-state index < -0.39 is 11.6 Å². The van der Waals surface area contributed by atoms with E-state index in [1.54, 1.807) is 10.9 Å². The Morgan fingerprint density at radius 2 is 2.10 bits per heavy atom. The van der Waals surface area contributed by atoms with Crippen molar-refractivity contribution in [3.63, 3.8) is 0 Å². The lowest BCUT2D eigenvalue weighted by Crippen LogP contribution is -2.12. The first kappa shape index (κ1) is 14.2. The highest BCUT2D eigenvalue weighted by Gasteiger charge is 2.09. The molecule has 0 fully saturated rings. The zero-order valence-electron chi connectivity index (χ0n) is 11.3. The van der Waals surface area contributed by atoms with Gasteiger partial charge in [-0.25, -0.2) is 8.78 Å². The van der Waals surface area contributed by atoms with E-state index in [-0.39, 0.29) is 18.0 Å². The van der Waals surface area contributed by atoms with Crippen LogP contribution in [0.3, 0.4) is 0 Å². The van der Waals surface area contributed by atoms with Crippen LogP contribution in [0.15, 0.2) is 24.4 Å². The molecule has 1 aromatic heterocycles. The first-order chi connectivity index (χ1) is 9.47. The monoisotopic (exact) mass is 279 g/mol. The highest BCUT2D eigenvalue weighted by molar-refractivity contribution is 5.90. The lowest BCUT2D eigenvalue weighted by molar-refractivity contribution is -0.116. The molecule has 1 amide bonds. The first-order valence-electron chi connectivity index (χ1n) is 6.19. The summed E-state index contributed by atoms with van der Waals surface area (Å²) in [4.78, 5) is 11.7. The SMILES string of the molecule is Cc1c(CCC(=O)Nc2ccc(F)c(F)c2)cnn1C. The minimum absolute atomic E-state index is 0.247. The van der Waals surface area contributed by atoms with Gasteiger partial charge in [0.05, 0.1) is 6.20 Å². The van der Waals surface area contributed by atoms with E-state index in [1.165, 1.54) is 6.07 Å². The van der Waals surface area contributed by atoms with Gasteiger partial charge in [-0.3, -0.25) is 9.48 Å². The molecule has 0 spiro atoms. The third-order valence-electron chi connectivity index (χ3n) is 3.16. The summed E-state index contributed by atoms with van der Waals surface area (Å²) >= 11 is 0. The maximum absolute atomic E-state index is 13.0. The van der Waals surface area contributed by atoms with Gasteiger partial charge in [-0.1, -0.05) is 0 Å². The molecule has 1 N–H and O–H groups in total. The van der Waals surface area contributed by atoms with Crippen LogP contribution >= 0.6 is 0 Å². The summed E-state index contributed by atoms with van der Waals surface area (Å²) in [5, 5.41) is 6.63. The van der Waals surface area contributed by atoms with Crippen molar-refractivity contribution in [3.05, 3.63) is 47.3 Å². The zero-order valence-corrected chi connectivity index (χ0v) is 11.3. The first-order valence-corrected chi connectivity index (χ1v) is 6.19. The van der Waals surface area contributed by atoms with Gasteiger partial charge in [0.15, 0.2) is 11.6 Å². The predicted molar refractivity (Wildman–Crippen MR) is 71.3 cm³/mol. The Morgan fingerprint density at radius 1 is 1.35 bits per heavy atom. The van der Waals surface area contributed by atoms with Crippen LogP contribution in [0.5, 0.6) is 0 Å². The van der Waals surface area contributed by atoms with Gasteiger partial charge >= 0.3 is 0 Å². The second-order valence-corrected chi connectivity index (χ2v) is 4.56. The van der Waals surface area contributed by atoms with Crippen molar-refractivity contribution in [2.75, 3.05) is 5.32 Å². The Morgan fingerprint density at radius 3 is 2.70 bits per heavy atom. The number of nitrogens with zero attached hydrogens (tertiary/aromatic N) is 2. The summed E-state index contributed by atoms with van der Waals surface area (Å²) in [5.74, 6) is -2.17. The Balaban J connectivity index is 1.92. The third-order valence-corrected chi connectivity index (χ3v) is 3.16. The van der Waals surface area contributed by atoms with Crippen LogP contribution < -0.4 is 5.32 Å². The summed E-state index contributed by atoms with van der Waals surface area (Å²) in [5.41, 5.74) is 2.25. The second kappa shape index (κ2) is 5.81. The second-order valence-electron chi connectivity index (χ2n) is 4.56. The molecule has 0 saturated carbocycles. The summed E-state index contributed by atoms with van der Waals surface area (Å²) in [6.07, 6.45) is 2.53. The van der Waals surface area contributed by atoms with Gasteiger partial charge in [0.25, 0.3) is 0 Å². The van der Waals surface area contributed by atoms with Gasteiger partial charge < -0.3 is 5.32 Å². The minimum atomic E-state index is -0.981. The molecule has 1 aromatic carbocycles. The Labute approximate surface area is 115 Å².